The Morgan fingerprint density at radius 3 is 2.57 bits per heavy atom. The van der Waals surface area contributed by atoms with Crippen molar-refractivity contribution >= 4 is 50.7 Å². The van der Waals surface area contributed by atoms with Gasteiger partial charge in [0.25, 0.3) is 10.0 Å². The molecule has 1 N–H and O–H groups in total. The number of nitro groups is 1. The molecule has 2 aromatic carbocycles. The minimum atomic E-state index is -5.09. The Kier molecular flexibility index (Phi) is 9.05. The van der Waals surface area contributed by atoms with Crippen molar-refractivity contribution in [3.8, 4) is 22.6 Å². The zero-order valence-corrected chi connectivity index (χ0v) is 26.8. The minimum absolute atomic E-state index is 0.0566. The first-order chi connectivity index (χ1) is 21.6. The number of aromatic nitrogens is 3. The molecule has 0 radical (unpaired) electrons. The van der Waals surface area contributed by atoms with Crippen LogP contribution in [0.15, 0.2) is 46.8 Å². The van der Waals surface area contributed by atoms with Gasteiger partial charge in [0.1, 0.15) is 38.6 Å². The first kappa shape index (κ1) is 33.2. The van der Waals surface area contributed by atoms with Crippen LogP contribution in [0.4, 0.5) is 25.2 Å². The summed E-state index contributed by atoms with van der Waals surface area (Å²) in [6.07, 6.45) is 0.990. The average Bonchev–Trinajstić information content (AvgIpc) is 3.64. The van der Waals surface area contributed by atoms with Crippen molar-refractivity contribution in [3.05, 3.63) is 73.7 Å². The van der Waals surface area contributed by atoms with Crippen LogP contribution in [0.3, 0.4) is 0 Å². The molecule has 0 aliphatic carbocycles. The maximum absolute atomic E-state index is 15.5. The van der Waals surface area contributed by atoms with Gasteiger partial charge < -0.3 is 24.7 Å². The topological polar surface area (TPSA) is 167 Å². The van der Waals surface area contributed by atoms with Gasteiger partial charge in [-0.1, -0.05) is 32.4 Å². The standard InChI is InChI=1S/C28H26ClF2N5O8S2/c1-28(2,3)26-32-23(14-45-26)35(27(37)38)46(41,42)22-11-18(29)21(12-19(22)31)44-20-8-7-15(30)10-16(20)17-13-34(33-25(17)36(39)40)24-6-4-5-9-43-24/h7-8,10-14,24H,4-6,9H2,1-3H3,(H,37,38). The first-order valence-electron chi connectivity index (χ1n) is 13.6. The first-order valence-corrected chi connectivity index (χ1v) is 16.3. The van der Waals surface area contributed by atoms with Gasteiger partial charge in [0.2, 0.25) is 0 Å². The second kappa shape index (κ2) is 12.5. The van der Waals surface area contributed by atoms with E-state index in [-0.39, 0.29) is 21.2 Å². The lowest BCUT2D eigenvalue weighted by Crippen LogP contribution is -2.36. The van der Waals surface area contributed by atoms with Crippen molar-refractivity contribution in [1.29, 1.82) is 0 Å². The Hall–Kier alpha value is -4.19. The summed E-state index contributed by atoms with van der Waals surface area (Å²) in [4.78, 5) is 26.3. The van der Waals surface area contributed by atoms with Crippen LogP contribution in [0.1, 0.15) is 51.3 Å². The lowest BCUT2D eigenvalue weighted by molar-refractivity contribution is -0.389. The predicted molar refractivity (Wildman–Crippen MR) is 163 cm³/mol. The number of hydrogen-bond acceptors (Lipinski definition) is 10. The van der Waals surface area contributed by atoms with E-state index in [1.165, 1.54) is 16.3 Å². The van der Waals surface area contributed by atoms with E-state index in [4.69, 9.17) is 21.1 Å². The van der Waals surface area contributed by atoms with E-state index in [1.807, 2.05) is 0 Å². The lowest BCUT2D eigenvalue weighted by Gasteiger charge is -2.20. The highest BCUT2D eigenvalue weighted by atomic mass is 35.5. The zero-order valence-electron chi connectivity index (χ0n) is 24.4. The van der Waals surface area contributed by atoms with Crippen LogP contribution in [-0.4, -0.2) is 45.9 Å². The fourth-order valence-electron chi connectivity index (χ4n) is 4.62. The highest BCUT2D eigenvalue weighted by Crippen LogP contribution is 2.42. The molecule has 46 heavy (non-hydrogen) atoms. The summed E-state index contributed by atoms with van der Waals surface area (Å²) in [6, 6.07) is 4.35. The van der Waals surface area contributed by atoms with Crippen molar-refractivity contribution in [3.63, 3.8) is 0 Å². The van der Waals surface area contributed by atoms with E-state index in [2.05, 4.69) is 10.1 Å². The summed E-state index contributed by atoms with van der Waals surface area (Å²) in [5.74, 6) is -3.91. The Balaban J connectivity index is 1.53. The molecule has 13 nitrogen and oxygen atoms in total. The Bertz CT molecular complexity index is 1940. The second-order valence-corrected chi connectivity index (χ2v) is 14.2. The summed E-state index contributed by atoms with van der Waals surface area (Å²) < 4.78 is 69.4. The Morgan fingerprint density at radius 2 is 1.96 bits per heavy atom. The molecule has 244 valence electrons. The molecule has 0 bridgehead atoms. The van der Waals surface area contributed by atoms with E-state index < -0.39 is 71.6 Å². The van der Waals surface area contributed by atoms with Crippen molar-refractivity contribution in [2.45, 2.75) is 56.6 Å². The summed E-state index contributed by atoms with van der Waals surface area (Å²) in [5, 5.41) is 26.9. The van der Waals surface area contributed by atoms with Gasteiger partial charge >= 0.3 is 11.9 Å². The van der Waals surface area contributed by atoms with Crippen molar-refractivity contribution < 1.29 is 41.5 Å². The fourth-order valence-corrected chi connectivity index (χ4v) is 7.14. The van der Waals surface area contributed by atoms with Crippen molar-refractivity contribution in [2.24, 2.45) is 0 Å². The number of hydrogen-bond donors (Lipinski definition) is 1. The van der Waals surface area contributed by atoms with Gasteiger partial charge in [-0.05, 0) is 48.5 Å². The third kappa shape index (κ3) is 6.53. The number of nitrogens with zero attached hydrogens (tertiary/aromatic N) is 5. The quantitative estimate of drug-likeness (QED) is 0.144. The summed E-state index contributed by atoms with van der Waals surface area (Å²) in [6.45, 7) is 5.84. The number of benzene rings is 2. The van der Waals surface area contributed by atoms with Crippen LogP contribution in [0.25, 0.3) is 11.1 Å². The van der Waals surface area contributed by atoms with Gasteiger partial charge in [-0.2, -0.15) is 4.68 Å². The summed E-state index contributed by atoms with van der Waals surface area (Å²) in [7, 11) is -5.09. The fraction of sp³-hybridized carbons (Fsp3) is 0.321. The predicted octanol–water partition coefficient (Wildman–Crippen LogP) is 7.51. The average molecular weight is 698 g/mol. The number of halogens is 3. The molecule has 1 saturated heterocycles. The largest absolute Gasteiger partial charge is 0.464 e. The Labute approximate surface area is 270 Å². The van der Waals surface area contributed by atoms with Gasteiger partial charge in [-0.25, -0.2) is 27.0 Å². The molecule has 1 amide bonds. The highest BCUT2D eigenvalue weighted by Gasteiger charge is 2.37. The molecule has 1 unspecified atom stereocenters. The van der Waals surface area contributed by atoms with Crippen LogP contribution < -0.4 is 9.04 Å². The number of carbonyl (C=O) groups is 1. The molecule has 1 fully saturated rings. The number of sulfonamides is 1. The van der Waals surface area contributed by atoms with Crippen LogP contribution in [0.5, 0.6) is 11.5 Å². The monoisotopic (exact) mass is 697 g/mol. The molecule has 1 aliphatic rings. The van der Waals surface area contributed by atoms with E-state index >= 15 is 4.39 Å². The maximum atomic E-state index is 15.5. The number of carboxylic acid groups (broad SMARTS) is 1. The summed E-state index contributed by atoms with van der Waals surface area (Å²) in [5.41, 5.74) is -0.775. The van der Waals surface area contributed by atoms with E-state index in [1.54, 1.807) is 20.8 Å². The number of rotatable bonds is 8. The molecule has 5 rings (SSSR count). The highest BCUT2D eigenvalue weighted by molar-refractivity contribution is 7.93. The number of ether oxygens (including phenoxy) is 2. The molecule has 1 aliphatic heterocycles. The number of amides is 1. The minimum Gasteiger partial charge on any atom is -0.464 e. The van der Waals surface area contributed by atoms with Gasteiger partial charge in [-0.3, -0.25) is 0 Å². The Morgan fingerprint density at radius 1 is 1.22 bits per heavy atom. The van der Waals surface area contributed by atoms with E-state index in [0.717, 1.165) is 42.4 Å². The molecule has 2 aromatic heterocycles. The van der Waals surface area contributed by atoms with Crippen molar-refractivity contribution in [2.75, 3.05) is 10.9 Å². The van der Waals surface area contributed by atoms with Crippen LogP contribution >= 0.6 is 22.9 Å². The molecule has 0 spiro atoms. The smallest absolute Gasteiger partial charge is 0.427 e. The van der Waals surface area contributed by atoms with Gasteiger partial charge in [-0.15, -0.1) is 15.6 Å². The number of anilines is 1. The van der Waals surface area contributed by atoms with E-state index in [9.17, 15) is 32.8 Å². The molecule has 1 atom stereocenters. The molecular weight excluding hydrogens is 672 g/mol. The summed E-state index contributed by atoms with van der Waals surface area (Å²) >= 11 is 7.35. The number of thiazole rings is 1. The molecule has 0 saturated carbocycles. The SMILES string of the molecule is CC(C)(C)c1nc(N(C(=O)O)S(=O)(=O)c2cc(Cl)c(Oc3ccc(F)cc3-c3cn(C4CCCCO4)nc3[N+](=O)[O-])cc2F)cs1. The van der Waals surface area contributed by atoms with Crippen molar-refractivity contribution in [1.82, 2.24) is 14.8 Å². The third-order valence-electron chi connectivity index (χ3n) is 6.81. The van der Waals surface area contributed by atoms with Crippen LogP contribution in [0, 0.1) is 21.7 Å². The molecular formula is C28H26ClF2N5O8S2. The lowest BCUT2D eigenvalue weighted by atomic mass is 9.98. The molecule has 18 heteroatoms. The zero-order chi connectivity index (χ0) is 33.6. The van der Waals surface area contributed by atoms with E-state index in [0.29, 0.717) is 30.2 Å². The van der Waals surface area contributed by atoms with Gasteiger partial charge in [0.15, 0.2) is 12.0 Å². The van der Waals surface area contributed by atoms with Crippen LogP contribution in [-0.2, 0) is 20.2 Å². The van der Waals surface area contributed by atoms with Gasteiger partial charge in [0.05, 0.1) is 16.3 Å². The third-order valence-corrected chi connectivity index (χ3v) is 10.1. The molecule has 3 heterocycles. The molecule has 4 aromatic rings. The van der Waals surface area contributed by atoms with Gasteiger partial charge in [0, 0.05) is 29.0 Å². The normalized spacial score (nSPS) is 15.5. The van der Waals surface area contributed by atoms with Crippen LogP contribution in [0.2, 0.25) is 5.02 Å². The second-order valence-electron chi connectivity index (χ2n) is 11.2. The maximum Gasteiger partial charge on any atom is 0.427 e.